The molecule has 0 radical (unpaired) electrons. The lowest BCUT2D eigenvalue weighted by Crippen LogP contribution is -1.91. The largest absolute Gasteiger partial charge is 0.493 e. The van der Waals surface area contributed by atoms with Crippen molar-refractivity contribution >= 4 is 32.2 Å². The molecule has 0 amide bonds. The molecule has 0 saturated heterocycles. The number of hydrogen-bond donors (Lipinski definition) is 0. The Labute approximate surface area is 138 Å². The number of fused-ring (bicyclic) bond motifs is 2. The van der Waals surface area contributed by atoms with E-state index in [1.807, 2.05) is 6.07 Å². The Balaban J connectivity index is 2.08. The maximum absolute atomic E-state index is 5.48. The standard InChI is InChI=1S/C20H16O2S/c1-21-17-8-7-14(11-18(17)22-2)20-15-6-4-3-5-13(15)12-19-16(20)9-10-23-19/h3-12H,1-2H3. The zero-order chi connectivity index (χ0) is 15.8. The number of rotatable bonds is 3. The van der Waals surface area contributed by atoms with Crippen LogP contribution in [-0.4, -0.2) is 14.2 Å². The van der Waals surface area contributed by atoms with Gasteiger partial charge >= 0.3 is 0 Å². The third kappa shape index (κ3) is 2.25. The first-order valence-corrected chi connectivity index (χ1v) is 8.31. The smallest absolute Gasteiger partial charge is 0.161 e. The molecule has 3 heteroatoms. The van der Waals surface area contributed by atoms with E-state index in [0.29, 0.717) is 0 Å². The topological polar surface area (TPSA) is 18.5 Å². The molecule has 0 atom stereocenters. The van der Waals surface area contributed by atoms with Crippen LogP contribution in [0.4, 0.5) is 0 Å². The number of benzene rings is 3. The van der Waals surface area contributed by atoms with Gasteiger partial charge in [0.2, 0.25) is 0 Å². The minimum atomic E-state index is 0.748. The number of thiophene rings is 1. The van der Waals surface area contributed by atoms with Crippen molar-refractivity contribution in [2.45, 2.75) is 0 Å². The minimum absolute atomic E-state index is 0.748. The molecular weight excluding hydrogens is 304 g/mol. The summed E-state index contributed by atoms with van der Waals surface area (Å²) < 4.78 is 12.1. The highest BCUT2D eigenvalue weighted by atomic mass is 32.1. The Morgan fingerprint density at radius 1 is 0.783 bits per heavy atom. The van der Waals surface area contributed by atoms with Gasteiger partial charge in [0.1, 0.15) is 0 Å². The van der Waals surface area contributed by atoms with Crippen LogP contribution in [0.2, 0.25) is 0 Å². The molecular formula is C20H16O2S. The first-order valence-electron chi connectivity index (χ1n) is 7.43. The molecule has 2 nitrogen and oxygen atoms in total. The lowest BCUT2D eigenvalue weighted by Gasteiger charge is -2.13. The highest BCUT2D eigenvalue weighted by molar-refractivity contribution is 7.17. The number of methoxy groups -OCH3 is 2. The van der Waals surface area contributed by atoms with Crippen molar-refractivity contribution in [2.75, 3.05) is 14.2 Å². The third-order valence-corrected chi connectivity index (χ3v) is 5.02. The summed E-state index contributed by atoms with van der Waals surface area (Å²) in [6.45, 7) is 0. The predicted molar refractivity (Wildman–Crippen MR) is 97.9 cm³/mol. The van der Waals surface area contributed by atoms with E-state index < -0.39 is 0 Å². The fourth-order valence-corrected chi connectivity index (χ4v) is 3.92. The van der Waals surface area contributed by atoms with E-state index in [9.17, 15) is 0 Å². The number of ether oxygens (including phenoxy) is 2. The monoisotopic (exact) mass is 320 g/mol. The van der Waals surface area contributed by atoms with E-state index in [0.717, 1.165) is 17.1 Å². The Bertz CT molecular complexity index is 1000. The maximum atomic E-state index is 5.48. The Kier molecular flexibility index (Phi) is 3.43. The molecule has 0 unspecified atom stereocenters. The van der Waals surface area contributed by atoms with Crippen LogP contribution in [0.1, 0.15) is 0 Å². The van der Waals surface area contributed by atoms with Gasteiger partial charge in [-0.05, 0) is 51.5 Å². The highest BCUT2D eigenvalue weighted by Gasteiger charge is 2.13. The average Bonchev–Trinajstić information content (AvgIpc) is 3.06. The van der Waals surface area contributed by atoms with E-state index in [1.165, 1.54) is 26.4 Å². The van der Waals surface area contributed by atoms with Gasteiger partial charge in [-0.2, -0.15) is 0 Å². The van der Waals surface area contributed by atoms with Gasteiger partial charge in [0.15, 0.2) is 11.5 Å². The van der Waals surface area contributed by atoms with Crippen LogP contribution in [0.3, 0.4) is 0 Å². The summed E-state index contributed by atoms with van der Waals surface area (Å²) in [6.07, 6.45) is 0. The van der Waals surface area contributed by atoms with Gasteiger partial charge < -0.3 is 9.47 Å². The van der Waals surface area contributed by atoms with Gasteiger partial charge in [-0.1, -0.05) is 30.3 Å². The molecule has 1 heterocycles. The van der Waals surface area contributed by atoms with Crippen molar-refractivity contribution in [3.05, 3.63) is 60.0 Å². The zero-order valence-corrected chi connectivity index (χ0v) is 13.8. The molecule has 0 aliphatic rings. The Morgan fingerprint density at radius 3 is 2.43 bits per heavy atom. The first kappa shape index (κ1) is 14.1. The van der Waals surface area contributed by atoms with Crippen molar-refractivity contribution < 1.29 is 9.47 Å². The van der Waals surface area contributed by atoms with Crippen molar-refractivity contribution in [1.82, 2.24) is 0 Å². The molecule has 4 rings (SSSR count). The molecule has 0 aliphatic carbocycles. The van der Waals surface area contributed by atoms with Crippen LogP contribution in [-0.2, 0) is 0 Å². The van der Waals surface area contributed by atoms with Gasteiger partial charge in [-0.3, -0.25) is 0 Å². The van der Waals surface area contributed by atoms with E-state index >= 15 is 0 Å². The molecule has 4 aromatic rings. The lowest BCUT2D eigenvalue weighted by molar-refractivity contribution is 0.355. The van der Waals surface area contributed by atoms with Gasteiger partial charge in [0, 0.05) is 10.1 Å². The van der Waals surface area contributed by atoms with Crippen LogP contribution >= 0.6 is 11.3 Å². The average molecular weight is 320 g/mol. The molecule has 0 N–H and O–H groups in total. The van der Waals surface area contributed by atoms with E-state index in [2.05, 4.69) is 53.9 Å². The van der Waals surface area contributed by atoms with Crippen molar-refractivity contribution in [1.29, 1.82) is 0 Å². The molecule has 1 aromatic heterocycles. The highest BCUT2D eigenvalue weighted by Crippen LogP contribution is 2.41. The summed E-state index contributed by atoms with van der Waals surface area (Å²) in [5.41, 5.74) is 2.39. The maximum Gasteiger partial charge on any atom is 0.161 e. The fraction of sp³-hybridized carbons (Fsp3) is 0.100. The second kappa shape index (κ2) is 5.60. The van der Waals surface area contributed by atoms with Gasteiger partial charge in [0.25, 0.3) is 0 Å². The minimum Gasteiger partial charge on any atom is -0.493 e. The first-order chi connectivity index (χ1) is 11.3. The fourth-order valence-electron chi connectivity index (χ4n) is 3.08. The summed E-state index contributed by atoms with van der Waals surface area (Å²) in [7, 11) is 3.33. The van der Waals surface area contributed by atoms with Crippen LogP contribution in [0.5, 0.6) is 11.5 Å². The molecule has 0 saturated carbocycles. The number of hydrogen-bond acceptors (Lipinski definition) is 3. The van der Waals surface area contributed by atoms with Crippen LogP contribution < -0.4 is 9.47 Å². The summed E-state index contributed by atoms with van der Waals surface area (Å²) in [5.74, 6) is 1.50. The van der Waals surface area contributed by atoms with Crippen molar-refractivity contribution in [3.8, 4) is 22.6 Å². The van der Waals surface area contributed by atoms with Crippen LogP contribution in [0.15, 0.2) is 60.0 Å². The SMILES string of the molecule is COc1ccc(-c2c3ccccc3cc3sccc23)cc1OC. The van der Waals surface area contributed by atoms with Crippen LogP contribution in [0, 0.1) is 0 Å². The van der Waals surface area contributed by atoms with E-state index in [4.69, 9.17) is 9.47 Å². The molecule has 114 valence electrons. The Hall–Kier alpha value is -2.52. The normalized spacial score (nSPS) is 11.0. The van der Waals surface area contributed by atoms with Gasteiger partial charge in [-0.25, -0.2) is 0 Å². The van der Waals surface area contributed by atoms with Crippen molar-refractivity contribution in [2.24, 2.45) is 0 Å². The molecule has 0 fully saturated rings. The zero-order valence-electron chi connectivity index (χ0n) is 13.0. The predicted octanol–water partition coefficient (Wildman–Crippen LogP) is 5.74. The summed E-state index contributed by atoms with van der Waals surface area (Å²) >= 11 is 1.77. The second-order valence-corrected chi connectivity index (χ2v) is 6.32. The van der Waals surface area contributed by atoms with E-state index in [-0.39, 0.29) is 0 Å². The van der Waals surface area contributed by atoms with Gasteiger partial charge in [-0.15, -0.1) is 11.3 Å². The van der Waals surface area contributed by atoms with Gasteiger partial charge in [0.05, 0.1) is 14.2 Å². The van der Waals surface area contributed by atoms with Crippen LogP contribution in [0.25, 0.3) is 32.0 Å². The van der Waals surface area contributed by atoms with Crippen molar-refractivity contribution in [3.63, 3.8) is 0 Å². The van der Waals surface area contributed by atoms with E-state index in [1.54, 1.807) is 25.6 Å². The molecule has 23 heavy (non-hydrogen) atoms. The molecule has 3 aromatic carbocycles. The quantitative estimate of drug-likeness (QED) is 0.479. The Morgan fingerprint density at radius 2 is 1.61 bits per heavy atom. The molecule has 0 aliphatic heterocycles. The molecule has 0 bridgehead atoms. The summed E-state index contributed by atoms with van der Waals surface area (Å²) in [5, 5.41) is 5.94. The second-order valence-electron chi connectivity index (χ2n) is 5.37. The third-order valence-electron chi connectivity index (χ3n) is 4.15. The molecule has 0 spiro atoms. The lowest BCUT2D eigenvalue weighted by atomic mass is 9.95. The summed E-state index contributed by atoms with van der Waals surface area (Å²) in [4.78, 5) is 0. The summed E-state index contributed by atoms with van der Waals surface area (Å²) in [6, 6.07) is 19.1.